The lowest BCUT2D eigenvalue weighted by molar-refractivity contribution is 0.0984. The Morgan fingerprint density at radius 1 is 0.576 bits per heavy atom. The topological polar surface area (TPSA) is 58.5 Å². The van der Waals surface area contributed by atoms with Crippen LogP contribution in [-0.2, 0) is 10.9 Å². The number of benzene rings is 4. The Labute approximate surface area is 195 Å². The van der Waals surface area contributed by atoms with Crippen molar-refractivity contribution in [1.29, 1.82) is 0 Å². The molecule has 0 bridgehead atoms. The Bertz CT molecular complexity index is 1250. The van der Waals surface area contributed by atoms with Gasteiger partial charge in [0.25, 0.3) is 11.8 Å². The molecule has 4 aromatic carbocycles. The molecule has 4 aromatic rings. The van der Waals surface area contributed by atoms with Crippen LogP contribution in [0.15, 0.2) is 131 Å². The lowest BCUT2D eigenvalue weighted by Crippen LogP contribution is -2.25. The zero-order valence-electron chi connectivity index (χ0n) is 17.8. The molecule has 0 heterocycles. The number of hydrogen-bond acceptors (Lipinski definition) is 2. The van der Waals surface area contributed by atoms with E-state index in [0.29, 0.717) is 11.1 Å². The van der Waals surface area contributed by atoms with Gasteiger partial charge in [0.05, 0.1) is 0 Å². The Balaban J connectivity index is 1.79. The van der Waals surface area contributed by atoms with Gasteiger partial charge in [-0.3, -0.25) is 14.3 Å². The second-order valence-corrected chi connectivity index (χ2v) is 8.39. The van der Waals surface area contributed by atoms with Crippen LogP contribution >= 0.6 is 0 Å². The molecule has 0 aromatic heterocycles. The van der Waals surface area contributed by atoms with Crippen molar-refractivity contribution in [3.63, 3.8) is 0 Å². The molecule has 0 aliphatic carbocycles. The fourth-order valence-corrected chi connectivity index (χ4v) is 4.44. The highest BCUT2D eigenvalue weighted by atomic mass is 32.2. The summed E-state index contributed by atoms with van der Waals surface area (Å²) in [5.74, 6) is -0.677. The standard InChI is InChI=1S/C28H22N2O2S/c31-27(24-17-9-3-10-18-24)29-33(30-28(32)25-19-11-4-12-20-25)21-26(22-13-5-1-6-14-22)23-15-7-2-8-16-23/h1-21H,(H,29,30,31,32). The highest BCUT2D eigenvalue weighted by molar-refractivity contribution is 7.89. The molecule has 0 saturated heterocycles. The van der Waals surface area contributed by atoms with Gasteiger partial charge < -0.3 is 0 Å². The van der Waals surface area contributed by atoms with Crippen molar-refractivity contribution in [3.05, 3.63) is 149 Å². The summed E-state index contributed by atoms with van der Waals surface area (Å²) < 4.78 is 7.31. The van der Waals surface area contributed by atoms with Gasteiger partial charge in [0.2, 0.25) is 0 Å². The summed E-state index contributed by atoms with van der Waals surface area (Å²) in [6, 6.07) is 37.5. The molecule has 33 heavy (non-hydrogen) atoms. The molecule has 1 atom stereocenters. The number of carbonyl (C=O) groups excluding carboxylic acids is 2. The molecule has 0 fully saturated rings. The van der Waals surface area contributed by atoms with Gasteiger partial charge in [-0.25, -0.2) is 0 Å². The van der Waals surface area contributed by atoms with E-state index in [4.69, 9.17) is 0 Å². The molecule has 1 N–H and O–H groups in total. The van der Waals surface area contributed by atoms with E-state index in [2.05, 4.69) is 9.08 Å². The van der Waals surface area contributed by atoms with Gasteiger partial charge in [-0.15, -0.1) is 0 Å². The maximum atomic E-state index is 12.9. The van der Waals surface area contributed by atoms with Crippen molar-refractivity contribution < 1.29 is 9.59 Å². The molecule has 0 spiro atoms. The molecule has 0 aliphatic heterocycles. The van der Waals surface area contributed by atoms with Crippen LogP contribution in [0, 0.1) is 0 Å². The zero-order valence-corrected chi connectivity index (χ0v) is 18.6. The summed E-state index contributed by atoms with van der Waals surface area (Å²) in [4.78, 5) is 25.8. The van der Waals surface area contributed by atoms with Crippen LogP contribution in [0.5, 0.6) is 0 Å². The summed E-state index contributed by atoms with van der Waals surface area (Å²) in [6.07, 6.45) is 0. The van der Waals surface area contributed by atoms with E-state index in [-0.39, 0.29) is 11.8 Å². The third-order valence-corrected chi connectivity index (χ3v) is 6.05. The molecular formula is C28H22N2O2S. The predicted octanol–water partition coefficient (Wildman–Crippen LogP) is 6.06. The number of carbonyl (C=O) groups is 2. The maximum Gasteiger partial charge on any atom is 0.284 e. The van der Waals surface area contributed by atoms with Gasteiger partial charge in [-0.05, 0) is 41.0 Å². The van der Waals surface area contributed by atoms with Gasteiger partial charge in [0.15, 0.2) is 0 Å². The van der Waals surface area contributed by atoms with Crippen LogP contribution < -0.4 is 4.72 Å². The monoisotopic (exact) mass is 450 g/mol. The Morgan fingerprint density at radius 2 is 0.970 bits per heavy atom. The average Bonchev–Trinajstić information content (AvgIpc) is 2.89. The number of nitrogens with zero attached hydrogens (tertiary/aromatic N) is 1. The van der Waals surface area contributed by atoms with Crippen LogP contribution in [0.3, 0.4) is 0 Å². The summed E-state index contributed by atoms with van der Waals surface area (Å²) in [6.45, 7) is 0. The molecular weight excluding hydrogens is 428 g/mol. The minimum atomic E-state index is -1.20. The summed E-state index contributed by atoms with van der Waals surface area (Å²) >= 11 is 0. The molecule has 4 rings (SSSR count). The lowest BCUT2D eigenvalue weighted by atomic mass is 10.00. The lowest BCUT2D eigenvalue weighted by Gasteiger charge is -2.12. The van der Waals surface area contributed by atoms with Crippen LogP contribution in [0.2, 0.25) is 0 Å². The van der Waals surface area contributed by atoms with E-state index in [1.54, 1.807) is 48.5 Å². The molecule has 5 heteroatoms. The molecule has 4 nitrogen and oxygen atoms in total. The molecule has 162 valence electrons. The van der Waals surface area contributed by atoms with Crippen molar-refractivity contribution >= 4 is 28.3 Å². The normalized spacial score (nSPS) is 11.4. The van der Waals surface area contributed by atoms with E-state index in [1.807, 2.05) is 78.2 Å². The first-order valence-corrected chi connectivity index (χ1v) is 11.7. The van der Waals surface area contributed by atoms with E-state index < -0.39 is 10.9 Å². The zero-order chi connectivity index (χ0) is 22.9. The smallest absolute Gasteiger partial charge is 0.284 e. The first-order valence-electron chi connectivity index (χ1n) is 10.4. The van der Waals surface area contributed by atoms with E-state index >= 15 is 0 Å². The number of amides is 2. The second kappa shape index (κ2) is 11.0. The molecule has 1 unspecified atom stereocenters. The van der Waals surface area contributed by atoms with Gasteiger partial charge in [0.1, 0.15) is 0 Å². The predicted molar refractivity (Wildman–Crippen MR) is 134 cm³/mol. The maximum absolute atomic E-state index is 12.9. The first-order chi connectivity index (χ1) is 16.2. The first kappa shape index (κ1) is 22.1. The molecule has 0 radical (unpaired) electrons. The van der Waals surface area contributed by atoms with E-state index in [0.717, 1.165) is 16.7 Å². The number of rotatable bonds is 6. The SMILES string of the molecule is O=C(N=S(C=C(c1ccccc1)c1ccccc1)NC(=O)c1ccccc1)c1ccccc1. The molecule has 2 amide bonds. The minimum Gasteiger partial charge on any atom is -0.284 e. The molecule has 0 saturated carbocycles. The van der Waals surface area contributed by atoms with E-state index in [1.165, 1.54) is 0 Å². The van der Waals surface area contributed by atoms with Crippen LogP contribution in [0.25, 0.3) is 5.57 Å². The van der Waals surface area contributed by atoms with Crippen molar-refractivity contribution in [3.8, 4) is 0 Å². The summed E-state index contributed by atoms with van der Waals surface area (Å²) in [5.41, 5.74) is 3.80. The highest BCUT2D eigenvalue weighted by Crippen LogP contribution is 2.24. The Morgan fingerprint density at radius 3 is 1.42 bits per heavy atom. The van der Waals surface area contributed by atoms with Gasteiger partial charge in [0, 0.05) is 27.4 Å². The Kier molecular flexibility index (Phi) is 7.36. The van der Waals surface area contributed by atoms with Crippen molar-refractivity contribution in [1.82, 2.24) is 4.72 Å². The fraction of sp³-hybridized carbons (Fsp3) is 0. The number of hydrogen-bond donors (Lipinski definition) is 1. The van der Waals surface area contributed by atoms with Gasteiger partial charge in [-0.1, -0.05) is 97.1 Å². The minimum absolute atomic E-state index is 0.291. The van der Waals surface area contributed by atoms with Crippen molar-refractivity contribution in [2.24, 2.45) is 4.36 Å². The van der Waals surface area contributed by atoms with E-state index in [9.17, 15) is 9.59 Å². The number of nitrogens with one attached hydrogen (secondary N) is 1. The largest absolute Gasteiger partial charge is 0.284 e. The third kappa shape index (κ3) is 5.99. The van der Waals surface area contributed by atoms with Crippen molar-refractivity contribution in [2.45, 2.75) is 0 Å². The Hall–Kier alpha value is -4.09. The third-order valence-electron chi connectivity index (χ3n) is 4.83. The quantitative estimate of drug-likeness (QED) is 0.388. The van der Waals surface area contributed by atoms with Crippen molar-refractivity contribution in [2.75, 3.05) is 0 Å². The van der Waals surface area contributed by atoms with Crippen LogP contribution in [0.4, 0.5) is 0 Å². The molecule has 0 aliphatic rings. The summed E-state index contributed by atoms with van der Waals surface area (Å²) in [5, 5.41) is 1.85. The van der Waals surface area contributed by atoms with Crippen LogP contribution in [-0.4, -0.2) is 11.8 Å². The van der Waals surface area contributed by atoms with Gasteiger partial charge in [-0.2, -0.15) is 4.36 Å². The highest BCUT2D eigenvalue weighted by Gasteiger charge is 2.12. The van der Waals surface area contributed by atoms with Gasteiger partial charge >= 0.3 is 0 Å². The fourth-order valence-electron chi connectivity index (χ4n) is 3.19. The second-order valence-electron chi connectivity index (χ2n) is 7.14. The summed E-state index contributed by atoms with van der Waals surface area (Å²) in [7, 11) is -1.20. The average molecular weight is 451 g/mol. The van der Waals surface area contributed by atoms with Crippen LogP contribution in [0.1, 0.15) is 31.8 Å².